The molecule has 21 heavy (non-hydrogen) atoms. The molecule has 0 saturated carbocycles. The van der Waals surface area contributed by atoms with Gasteiger partial charge in [0.05, 0.1) is 29.7 Å². The van der Waals surface area contributed by atoms with Crippen LogP contribution in [0.1, 0.15) is 11.1 Å². The van der Waals surface area contributed by atoms with Crippen molar-refractivity contribution in [3.63, 3.8) is 0 Å². The summed E-state index contributed by atoms with van der Waals surface area (Å²) in [5, 5.41) is 8.83. The van der Waals surface area contributed by atoms with Gasteiger partial charge in [-0.1, -0.05) is 0 Å². The topological polar surface area (TPSA) is 113 Å². The summed E-state index contributed by atoms with van der Waals surface area (Å²) in [6.45, 7) is 1.82. The summed E-state index contributed by atoms with van der Waals surface area (Å²) < 4.78 is 31.6. The van der Waals surface area contributed by atoms with E-state index in [1.165, 1.54) is 18.2 Å². The van der Waals surface area contributed by atoms with E-state index >= 15 is 0 Å². The highest BCUT2D eigenvalue weighted by Crippen LogP contribution is 2.24. The molecule has 8 heteroatoms. The first-order valence-electron chi connectivity index (χ1n) is 6.27. The second kappa shape index (κ2) is 5.81. The molecule has 1 aliphatic rings. The highest BCUT2D eigenvalue weighted by Gasteiger charge is 2.37. The number of nitriles is 1. The number of carbonyl (C=O) groups excluding carboxylic acids is 1. The third kappa shape index (κ3) is 2.90. The molecule has 1 aromatic rings. The van der Waals surface area contributed by atoms with Gasteiger partial charge >= 0.3 is 0 Å². The molecular formula is C13H15N3O4S. The lowest BCUT2D eigenvalue weighted by Crippen LogP contribution is -2.54. The normalized spacial score (nSPS) is 19.9. The lowest BCUT2D eigenvalue weighted by molar-refractivity contribution is -0.125. The molecule has 1 heterocycles. The summed E-state index contributed by atoms with van der Waals surface area (Å²) >= 11 is 0. The van der Waals surface area contributed by atoms with Gasteiger partial charge in [-0.25, -0.2) is 8.42 Å². The third-order valence-electron chi connectivity index (χ3n) is 3.30. The fraction of sp³-hybridized carbons (Fsp3) is 0.385. The van der Waals surface area contributed by atoms with Crippen molar-refractivity contribution in [2.45, 2.75) is 17.9 Å². The van der Waals surface area contributed by atoms with Crippen LogP contribution in [-0.4, -0.2) is 44.4 Å². The van der Waals surface area contributed by atoms with E-state index in [1.807, 2.05) is 6.07 Å². The molecule has 1 aromatic carbocycles. The molecule has 1 amide bonds. The summed E-state index contributed by atoms with van der Waals surface area (Å²) in [4.78, 5) is 11.5. The Morgan fingerprint density at radius 2 is 2.24 bits per heavy atom. The molecule has 0 bridgehead atoms. The maximum atomic E-state index is 12.7. The van der Waals surface area contributed by atoms with Crippen LogP contribution in [0.5, 0.6) is 0 Å². The minimum absolute atomic E-state index is 0.0517. The van der Waals surface area contributed by atoms with Crippen LogP contribution in [0.2, 0.25) is 0 Å². The van der Waals surface area contributed by atoms with Gasteiger partial charge in [-0.05, 0) is 30.7 Å². The lowest BCUT2D eigenvalue weighted by atomic mass is 10.2. The van der Waals surface area contributed by atoms with E-state index in [0.29, 0.717) is 11.1 Å². The van der Waals surface area contributed by atoms with E-state index in [-0.39, 0.29) is 24.7 Å². The minimum atomic E-state index is -3.87. The van der Waals surface area contributed by atoms with Crippen LogP contribution in [0.3, 0.4) is 0 Å². The van der Waals surface area contributed by atoms with Crippen LogP contribution >= 0.6 is 0 Å². The molecule has 1 atom stereocenters. The van der Waals surface area contributed by atoms with Crippen LogP contribution in [0.15, 0.2) is 23.1 Å². The van der Waals surface area contributed by atoms with Gasteiger partial charge in [0.15, 0.2) is 0 Å². The van der Waals surface area contributed by atoms with Crippen molar-refractivity contribution in [3.8, 4) is 6.07 Å². The first-order chi connectivity index (χ1) is 9.87. The Bertz CT molecular complexity index is 709. The molecule has 1 fully saturated rings. The Hall–Kier alpha value is -1.95. The molecule has 0 radical (unpaired) electrons. The number of nitrogens with two attached hydrogens (primary N) is 1. The van der Waals surface area contributed by atoms with Crippen molar-refractivity contribution in [2.24, 2.45) is 5.73 Å². The molecule has 112 valence electrons. The minimum Gasteiger partial charge on any atom is -0.378 e. The number of carbonyl (C=O) groups is 1. The molecule has 0 spiro atoms. The Kier molecular flexibility index (Phi) is 4.27. The number of sulfonamides is 1. The van der Waals surface area contributed by atoms with E-state index < -0.39 is 22.0 Å². The molecule has 7 nitrogen and oxygen atoms in total. The van der Waals surface area contributed by atoms with Gasteiger partial charge < -0.3 is 10.5 Å². The lowest BCUT2D eigenvalue weighted by Gasteiger charge is -2.32. The third-order valence-corrected chi connectivity index (χ3v) is 5.37. The van der Waals surface area contributed by atoms with Crippen molar-refractivity contribution in [1.82, 2.24) is 4.31 Å². The van der Waals surface area contributed by atoms with Crippen LogP contribution < -0.4 is 5.73 Å². The Labute approximate surface area is 123 Å². The predicted octanol–water partition coefficient (Wildman–Crippen LogP) is -0.258. The number of aryl methyl sites for hydroxylation is 1. The molecule has 0 aromatic heterocycles. The van der Waals surface area contributed by atoms with Gasteiger partial charge in [0, 0.05) is 6.54 Å². The molecule has 1 unspecified atom stereocenters. The zero-order valence-corrected chi connectivity index (χ0v) is 12.3. The van der Waals surface area contributed by atoms with Gasteiger partial charge in [-0.15, -0.1) is 0 Å². The fourth-order valence-electron chi connectivity index (χ4n) is 2.23. The number of rotatable bonds is 3. The maximum Gasteiger partial charge on any atom is 0.244 e. The number of amides is 1. The van der Waals surface area contributed by atoms with Gasteiger partial charge in [-0.3, -0.25) is 4.79 Å². The van der Waals surface area contributed by atoms with E-state index in [2.05, 4.69) is 0 Å². The number of hydrogen-bond acceptors (Lipinski definition) is 5. The quantitative estimate of drug-likeness (QED) is 0.826. The highest BCUT2D eigenvalue weighted by atomic mass is 32.2. The number of ether oxygens (including phenoxy) is 1. The fourth-order valence-corrected chi connectivity index (χ4v) is 4.01. The molecule has 2 rings (SSSR count). The van der Waals surface area contributed by atoms with Crippen LogP contribution in [0, 0.1) is 18.3 Å². The van der Waals surface area contributed by atoms with E-state index in [9.17, 15) is 13.2 Å². The van der Waals surface area contributed by atoms with Gasteiger partial charge in [-0.2, -0.15) is 9.57 Å². The van der Waals surface area contributed by atoms with Crippen LogP contribution in [0.25, 0.3) is 0 Å². The molecule has 2 N–H and O–H groups in total. The average molecular weight is 309 g/mol. The first kappa shape index (κ1) is 15.4. The monoisotopic (exact) mass is 309 g/mol. The number of hydrogen-bond donors (Lipinski definition) is 1. The smallest absolute Gasteiger partial charge is 0.244 e. The molecular weight excluding hydrogens is 294 g/mol. The van der Waals surface area contributed by atoms with E-state index in [4.69, 9.17) is 15.7 Å². The second-order valence-corrected chi connectivity index (χ2v) is 6.56. The van der Waals surface area contributed by atoms with Crippen molar-refractivity contribution < 1.29 is 17.9 Å². The Morgan fingerprint density at radius 3 is 2.81 bits per heavy atom. The van der Waals surface area contributed by atoms with Gasteiger partial charge in [0.1, 0.15) is 6.04 Å². The Balaban J connectivity index is 2.46. The zero-order valence-electron chi connectivity index (χ0n) is 11.4. The standard InChI is InChI=1S/C13H15N3O4S/c1-9-6-10(7-14)2-3-12(9)21(18,19)16-4-5-20-8-11(16)13(15)17/h2-3,6,11H,4-5,8H2,1H3,(H2,15,17). The SMILES string of the molecule is Cc1cc(C#N)ccc1S(=O)(=O)N1CCOCC1C(N)=O. The summed E-state index contributed by atoms with van der Waals surface area (Å²) in [5.41, 5.74) is 6.07. The van der Waals surface area contributed by atoms with E-state index in [1.54, 1.807) is 6.92 Å². The van der Waals surface area contributed by atoms with Crippen LogP contribution in [-0.2, 0) is 19.6 Å². The van der Waals surface area contributed by atoms with E-state index in [0.717, 1.165) is 4.31 Å². The number of benzene rings is 1. The molecule has 0 aliphatic carbocycles. The predicted molar refractivity (Wildman–Crippen MR) is 73.6 cm³/mol. The van der Waals surface area contributed by atoms with Gasteiger partial charge in [0.25, 0.3) is 0 Å². The second-order valence-electron chi connectivity index (χ2n) is 4.70. The highest BCUT2D eigenvalue weighted by molar-refractivity contribution is 7.89. The largest absolute Gasteiger partial charge is 0.378 e. The maximum absolute atomic E-state index is 12.7. The number of nitrogens with zero attached hydrogens (tertiary/aromatic N) is 2. The van der Waals surface area contributed by atoms with Crippen molar-refractivity contribution >= 4 is 15.9 Å². The molecule has 1 saturated heterocycles. The summed E-state index contributed by atoms with van der Waals surface area (Å²) in [5.74, 6) is -0.746. The summed E-state index contributed by atoms with van der Waals surface area (Å²) in [7, 11) is -3.87. The zero-order chi connectivity index (χ0) is 15.6. The van der Waals surface area contributed by atoms with Crippen molar-refractivity contribution in [2.75, 3.05) is 19.8 Å². The Morgan fingerprint density at radius 1 is 1.52 bits per heavy atom. The van der Waals surface area contributed by atoms with Crippen molar-refractivity contribution in [3.05, 3.63) is 29.3 Å². The molecule has 1 aliphatic heterocycles. The summed E-state index contributed by atoms with van der Waals surface area (Å²) in [6, 6.07) is 5.23. The average Bonchev–Trinajstić information content (AvgIpc) is 2.46. The van der Waals surface area contributed by atoms with Crippen LogP contribution in [0.4, 0.5) is 0 Å². The van der Waals surface area contributed by atoms with Crippen molar-refractivity contribution in [1.29, 1.82) is 5.26 Å². The van der Waals surface area contributed by atoms with Gasteiger partial charge in [0.2, 0.25) is 15.9 Å². The number of morpholine rings is 1. The first-order valence-corrected chi connectivity index (χ1v) is 7.71. The number of primary amides is 1. The summed E-state index contributed by atoms with van der Waals surface area (Å²) in [6.07, 6.45) is 0.